The van der Waals surface area contributed by atoms with Gasteiger partial charge in [-0.1, -0.05) is 0 Å². The lowest BCUT2D eigenvalue weighted by Gasteiger charge is -2.23. The molecule has 1 atom stereocenters. The first-order valence-corrected chi connectivity index (χ1v) is 9.52. The quantitative estimate of drug-likeness (QED) is 0.885. The van der Waals surface area contributed by atoms with Crippen LogP contribution < -0.4 is 5.32 Å². The second-order valence-corrected chi connectivity index (χ2v) is 7.85. The Morgan fingerprint density at radius 1 is 1.38 bits per heavy atom. The summed E-state index contributed by atoms with van der Waals surface area (Å²) in [5.41, 5.74) is 0.695. The summed E-state index contributed by atoms with van der Waals surface area (Å²) in [7, 11) is 0. The zero-order valence-corrected chi connectivity index (χ0v) is 14.1. The number of nitrogens with zero attached hydrogens (tertiary/aromatic N) is 2. The van der Waals surface area contributed by atoms with Crippen LogP contribution in [0, 0.1) is 0 Å². The molecule has 1 aliphatic carbocycles. The molecular formula is C15H21N3OS2. The predicted octanol–water partition coefficient (Wildman–Crippen LogP) is 3.10. The van der Waals surface area contributed by atoms with E-state index in [9.17, 15) is 5.11 Å². The summed E-state index contributed by atoms with van der Waals surface area (Å²) in [6.07, 6.45) is 8.44. The van der Waals surface area contributed by atoms with Gasteiger partial charge in [0.1, 0.15) is 17.0 Å². The SMILES string of the molecule is CSCC(C)(O)CNc1ncnc2sc3c(c12)CCCC3. The molecule has 0 bridgehead atoms. The van der Waals surface area contributed by atoms with Crippen LogP contribution in [0.1, 0.15) is 30.2 Å². The second-order valence-electron chi connectivity index (χ2n) is 5.90. The summed E-state index contributed by atoms with van der Waals surface area (Å²) in [6.45, 7) is 2.36. The second kappa shape index (κ2) is 6.10. The Morgan fingerprint density at radius 3 is 3.00 bits per heavy atom. The summed E-state index contributed by atoms with van der Waals surface area (Å²) in [6, 6.07) is 0. The lowest BCUT2D eigenvalue weighted by Crippen LogP contribution is -2.36. The Labute approximate surface area is 133 Å². The van der Waals surface area contributed by atoms with Crippen molar-refractivity contribution >= 4 is 39.1 Å². The van der Waals surface area contributed by atoms with Crippen LogP contribution in [0.4, 0.5) is 5.82 Å². The van der Waals surface area contributed by atoms with Gasteiger partial charge in [0.2, 0.25) is 0 Å². The Kier molecular flexibility index (Phi) is 4.38. The van der Waals surface area contributed by atoms with Crippen molar-refractivity contribution in [3.8, 4) is 0 Å². The average Bonchev–Trinajstić information content (AvgIpc) is 2.84. The van der Waals surface area contributed by atoms with Crippen molar-refractivity contribution in [3.05, 3.63) is 16.8 Å². The molecule has 3 rings (SSSR count). The molecule has 6 heteroatoms. The van der Waals surface area contributed by atoms with E-state index >= 15 is 0 Å². The first-order chi connectivity index (χ1) is 10.1. The minimum absolute atomic E-state index is 0.505. The number of nitrogens with one attached hydrogen (secondary N) is 1. The first kappa shape index (κ1) is 15.1. The third kappa shape index (κ3) is 3.17. The number of aryl methyl sites for hydroxylation is 2. The van der Waals surface area contributed by atoms with Crippen LogP contribution in [0.5, 0.6) is 0 Å². The number of aromatic nitrogens is 2. The van der Waals surface area contributed by atoms with Gasteiger partial charge < -0.3 is 10.4 Å². The van der Waals surface area contributed by atoms with E-state index in [-0.39, 0.29) is 0 Å². The van der Waals surface area contributed by atoms with Gasteiger partial charge >= 0.3 is 0 Å². The third-order valence-electron chi connectivity index (χ3n) is 3.84. The predicted molar refractivity (Wildman–Crippen MR) is 91.6 cm³/mol. The van der Waals surface area contributed by atoms with E-state index in [2.05, 4.69) is 15.3 Å². The summed E-state index contributed by atoms with van der Waals surface area (Å²) >= 11 is 3.45. The average molecular weight is 323 g/mol. The van der Waals surface area contributed by atoms with Crippen LogP contribution in [0.15, 0.2) is 6.33 Å². The van der Waals surface area contributed by atoms with Crippen molar-refractivity contribution in [1.29, 1.82) is 0 Å². The summed E-state index contributed by atoms with van der Waals surface area (Å²) in [4.78, 5) is 11.4. The van der Waals surface area contributed by atoms with Gasteiger partial charge in [-0.05, 0) is 44.4 Å². The Bertz CT molecular complexity index is 639. The van der Waals surface area contributed by atoms with Gasteiger partial charge in [0.05, 0.1) is 11.0 Å². The first-order valence-electron chi connectivity index (χ1n) is 7.31. The molecule has 1 unspecified atom stereocenters. The topological polar surface area (TPSA) is 58.0 Å². The largest absolute Gasteiger partial charge is 0.387 e. The van der Waals surface area contributed by atoms with Gasteiger partial charge in [-0.2, -0.15) is 11.8 Å². The molecule has 0 amide bonds. The van der Waals surface area contributed by atoms with Gasteiger partial charge in [0, 0.05) is 17.2 Å². The number of thioether (sulfide) groups is 1. The van der Waals surface area contributed by atoms with E-state index in [1.165, 1.54) is 35.1 Å². The normalized spacial score (nSPS) is 17.5. The fourth-order valence-corrected chi connectivity index (χ4v) is 4.81. The van der Waals surface area contributed by atoms with Crippen molar-refractivity contribution in [2.75, 3.05) is 23.9 Å². The number of thiophene rings is 1. The third-order valence-corrected chi connectivity index (χ3v) is 5.95. The molecule has 0 saturated heterocycles. The number of rotatable bonds is 5. The summed E-state index contributed by atoms with van der Waals surface area (Å²) in [5, 5.41) is 14.8. The molecule has 114 valence electrons. The minimum atomic E-state index is -0.729. The maximum atomic E-state index is 10.3. The lowest BCUT2D eigenvalue weighted by atomic mass is 9.97. The highest BCUT2D eigenvalue weighted by Crippen LogP contribution is 2.38. The zero-order valence-electron chi connectivity index (χ0n) is 12.5. The van der Waals surface area contributed by atoms with Gasteiger partial charge in [0.15, 0.2) is 0 Å². The molecule has 0 spiro atoms. The standard InChI is InChI=1S/C15H21N3OS2/c1-15(19,8-20-2)7-16-13-12-10-5-3-4-6-11(10)21-14(12)18-9-17-13/h9,19H,3-8H2,1-2H3,(H,16,17,18). The van der Waals surface area contributed by atoms with Crippen molar-refractivity contribution in [2.24, 2.45) is 0 Å². The van der Waals surface area contributed by atoms with Crippen LogP contribution in [0.2, 0.25) is 0 Å². The van der Waals surface area contributed by atoms with Crippen molar-refractivity contribution in [1.82, 2.24) is 9.97 Å². The van der Waals surface area contributed by atoms with Gasteiger partial charge in [-0.3, -0.25) is 0 Å². The molecule has 0 saturated carbocycles. The minimum Gasteiger partial charge on any atom is -0.387 e. The van der Waals surface area contributed by atoms with E-state index in [4.69, 9.17) is 0 Å². The number of hydrogen-bond donors (Lipinski definition) is 2. The van der Waals surface area contributed by atoms with Gasteiger partial charge in [-0.15, -0.1) is 11.3 Å². The molecular weight excluding hydrogens is 302 g/mol. The van der Waals surface area contributed by atoms with Crippen LogP contribution in [0.25, 0.3) is 10.2 Å². The molecule has 21 heavy (non-hydrogen) atoms. The van der Waals surface area contributed by atoms with Crippen LogP contribution in [-0.4, -0.2) is 39.2 Å². The molecule has 0 radical (unpaired) electrons. The monoisotopic (exact) mass is 323 g/mol. The van der Waals surface area contributed by atoms with E-state index in [1.807, 2.05) is 13.2 Å². The molecule has 2 aromatic rings. The van der Waals surface area contributed by atoms with E-state index < -0.39 is 5.60 Å². The fraction of sp³-hybridized carbons (Fsp3) is 0.600. The molecule has 4 nitrogen and oxygen atoms in total. The molecule has 0 fully saturated rings. The van der Waals surface area contributed by atoms with Crippen molar-refractivity contribution in [3.63, 3.8) is 0 Å². The van der Waals surface area contributed by atoms with Crippen molar-refractivity contribution < 1.29 is 5.11 Å². The molecule has 2 N–H and O–H groups in total. The molecule has 2 heterocycles. The highest BCUT2D eigenvalue weighted by Gasteiger charge is 2.23. The van der Waals surface area contributed by atoms with E-state index in [1.54, 1.807) is 29.4 Å². The Balaban J connectivity index is 1.90. The number of anilines is 1. The van der Waals surface area contributed by atoms with Crippen molar-refractivity contribution in [2.45, 2.75) is 38.2 Å². The summed E-state index contributed by atoms with van der Waals surface area (Å²) in [5.74, 6) is 1.58. The van der Waals surface area contributed by atoms with Crippen LogP contribution in [0.3, 0.4) is 0 Å². The van der Waals surface area contributed by atoms with Crippen LogP contribution >= 0.6 is 23.1 Å². The number of hydrogen-bond acceptors (Lipinski definition) is 6. The zero-order chi connectivity index (χ0) is 14.9. The Morgan fingerprint density at radius 2 is 2.19 bits per heavy atom. The highest BCUT2D eigenvalue weighted by atomic mass is 32.2. The maximum Gasteiger partial charge on any atom is 0.138 e. The molecule has 0 aliphatic heterocycles. The Hall–Kier alpha value is -0.850. The van der Waals surface area contributed by atoms with Gasteiger partial charge in [-0.25, -0.2) is 9.97 Å². The highest BCUT2D eigenvalue weighted by molar-refractivity contribution is 7.98. The fourth-order valence-electron chi connectivity index (χ4n) is 2.86. The van der Waals surface area contributed by atoms with E-state index in [0.717, 1.165) is 17.1 Å². The molecule has 0 aromatic carbocycles. The van der Waals surface area contributed by atoms with Gasteiger partial charge in [0.25, 0.3) is 0 Å². The molecule has 2 aromatic heterocycles. The maximum absolute atomic E-state index is 10.3. The smallest absolute Gasteiger partial charge is 0.138 e. The number of fused-ring (bicyclic) bond motifs is 3. The van der Waals surface area contributed by atoms with E-state index in [0.29, 0.717) is 12.3 Å². The number of aliphatic hydroxyl groups is 1. The van der Waals surface area contributed by atoms with Crippen LogP contribution in [-0.2, 0) is 12.8 Å². The lowest BCUT2D eigenvalue weighted by molar-refractivity contribution is 0.0996. The summed E-state index contributed by atoms with van der Waals surface area (Å²) < 4.78 is 0. The molecule has 1 aliphatic rings.